The smallest absolute Gasteiger partial charge is 0.254 e. The van der Waals surface area contributed by atoms with Gasteiger partial charge in [-0.2, -0.15) is 0 Å². The van der Waals surface area contributed by atoms with E-state index in [1.165, 1.54) is 0 Å². The number of hydrogen-bond acceptors (Lipinski definition) is 4. The molecule has 2 atom stereocenters. The van der Waals surface area contributed by atoms with Crippen LogP contribution in [0.4, 0.5) is 8.78 Å². The summed E-state index contributed by atoms with van der Waals surface area (Å²) in [6, 6.07) is 7.52. The molecule has 7 heteroatoms. The third kappa shape index (κ3) is 3.86. The zero-order valence-electron chi connectivity index (χ0n) is 12.7. The molecule has 0 unspecified atom stereocenters. The highest BCUT2D eigenvalue weighted by Crippen LogP contribution is 2.17. The molecule has 1 saturated heterocycles. The number of nitrogens with zero attached hydrogens (tertiary/aromatic N) is 1. The van der Waals surface area contributed by atoms with Gasteiger partial charge < -0.3 is 14.8 Å². The fourth-order valence-electron chi connectivity index (χ4n) is 2.48. The summed E-state index contributed by atoms with van der Waals surface area (Å²) in [4.78, 5) is 16.3. The molecule has 0 aliphatic carbocycles. The van der Waals surface area contributed by atoms with Gasteiger partial charge in [0.2, 0.25) is 5.88 Å². The van der Waals surface area contributed by atoms with Crippen LogP contribution in [0.5, 0.6) is 5.88 Å². The van der Waals surface area contributed by atoms with Crippen molar-refractivity contribution < 1.29 is 23.0 Å². The van der Waals surface area contributed by atoms with Gasteiger partial charge in [0.25, 0.3) is 5.91 Å². The molecule has 0 spiro atoms. The largest absolute Gasteiger partial charge is 0.472 e. The number of ether oxygens (including phenoxy) is 2. The van der Waals surface area contributed by atoms with Crippen LogP contribution in [0.1, 0.15) is 16.8 Å². The minimum absolute atomic E-state index is 0.222. The van der Waals surface area contributed by atoms with E-state index in [1.54, 1.807) is 24.4 Å². The molecule has 2 heterocycles. The molecule has 0 radical (unpaired) electrons. The lowest BCUT2D eigenvalue weighted by Gasteiger charge is -2.32. The standard InChI is InChI=1S/C17H16F2N2O3/c18-11-4-5-13(19)12(9-11)17(22)21-14-10-23-8-6-15(14)24-16-3-1-2-7-20-16/h1-5,7,9,14-15H,6,8,10H2,(H,21,22)/t14-,15-/m1/s1. The maximum atomic E-state index is 13.7. The Balaban J connectivity index is 1.71. The average molecular weight is 334 g/mol. The van der Waals surface area contributed by atoms with Crippen molar-refractivity contribution in [2.75, 3.05) is 13.2 Å². The molecule has 1 amide bonds. The second kappa shape index (κ2) is 7.35. The topological polar surface area (TPSA) is 60.5 Å². The Morgan fingerprint density at radius 2 is 2.17 bits per heavy atom. The lowest BCUT2D eigenvalue weighted by Crippen LogP contribution is -2.52. The van der Waals surface area contributed by atoms with Crippen molar-refractivity contribution in [1.29, 1.82) is 0 Å². The second-order valence-electron chi connectivity index (χ2n) is 5.39. The van der Waals surface area contributed by atoms with Crippen LogP contribution in [0.3, 0.4) is 0 Å². The Hall–Kier alpha value is -2.54. The number of benzene rings is 1. The molecule has 126 valence electrons. The van der Waals surface area contributed by atoms with E-state index in [0.717, 1.165) is 18.2 Å². The van der Waals surface area contributed by atoms with Crippen LogP contribution < -0.4 is 10.1 Å². The highest BCUT2D eigenvalue weighted by atomic mass is 19.1. The highest BCUT2D eigenvalue weighted by molar-refractivity contribution is 5.94. The van der Waals surface area contributed by atoms with E-state index in [4.69, 9.17) is 9.47 Å². The first-order valence-electron chi connectivity index (χ1n) is 7.55. The first-order valence-corrected chi connectivity index (χ1v) is 7.55. The number of halogens is 2. The van der Waals surface area contributed by atoms with E-state index in [-0.39, 0.29) is 18.3 Å². The molecule has 0 bridgehead atoms. The van der Waals surface area contributed by atoms with Crippen molar-refractivity contribution in [3.63, 3.8) is 0 Å². The van der Waals surface area contributed by atoms with Crippen molar-refractivity contribution in [2.24, 2.45) is 0 Å². The number of nitrogens with one attached hydrogen (secondary N) is 1. The molecule has 1 aliphatic rings. The quantitative estimate of drug-likeness (QED) is 0.932. The monoisotopic (exact) mass is 334 g/mol. The average Bonchev–Trinajstić information content (AvgIpc) is 2.59. The summed E-state index contributed by atoms with van der Waals surface area (Å²) < 4.78 is 38.1. The summed E-state index contributed by atoms with van der Waals surface area (Å²) in [6.45, 7) is 0.707. The van der Waals surface area contributed by atoms with Crippen molar-refractivity contribution in [3.05, 3.63) is 59.8 Å². The predicted octanol–water partition coefficient (Wildman–Crippen LogP) is 2.33. The fourth-order valence-corrected chi connectivity index (χ4v) is 2.48. The van der Waals surface area contributed by atoms with Crippen LogP contribution >= 0.6 is 0 Å². The van der Waals surface area contributed by atoms with Crippen molar-refractivity contribution in [2.45, 2.75) is 18.6 Å². The summed E-state index contributed by atoms with van der Waals surface area (Å²) in [7, 11) is 0. The summed E-state index contributed by atoms with van der Waals surface area (Å²) in [6.07, 6.45) is 1.78. The minimum Gasteiger partial charge on any atom is -0.472 e. The predicted molar refractivity (Wildman–Crippen MR) is 81.7 cm³/mol. The van der Waals surface area contributed by atoms with E-state index in [9.17, 15) is 13.6 Å². The number of amides is 1. The number of hydrogen-bond donors (Lipinski definition) is 1. The van der Waals surface area contributed by atoms with Crippen LogP contribution in [-0.4, -0.2) is 36.3 Å². The van der Waals surface area contributed by atoms with Crippen molar-refractivity contribution in [3.8, 4) is 5.88 Å². The Bertz CT molecular complexity index is 712. The summed E-state index contributed by atoms with van der Waals surface area (Å²) >= 11 is 0. The number of carbonyl (C=O) groups excluding carboxylic acids is 1. The van der Waals surface area contributed by atoms with Gasteiger partial charge in [0.1, 0.15) is 17.7 Å². The molecule has 1 aliphatic heterocycles. The summed E-state index contributed by atoms with van der Waals surface area (Å²) in [5.41, 5.74) is -0.350. The zero-order valence-corrected chi connectivity index (χ0v) is 12.7. The van der Waals surface area contributed by atoms with Crippen LogP contribution in [-0.2, 0) is 4.74 Å². The lowest BCUT2D eigenvalue weighted by molar-refractivity contribution is -0.00454. The molecule has 1 aromatic heterocycles. The van der Waals surface area contributed by atoms with Gasteiger partial charge in [0, 0.05) is 18.7 Å². The molecular formula is C17H16F2N2O3. The van der Waals surface area contributed by atoms with Gasteiger partial charge in [0.15, 0.2) is 0 Å². The third-order valence-corrected chi connectivity index (χ3v) is 3.69. The number of rotatable bonds is 4. The molecular weight excluding hydrogens is 318 g/mol. The van der Waals surface area contributed by atoms with Crippen LogP contribution in [0.15, 0.2) is 42.6 Å². The number of pyridine rings is 1. The zero-order chi connectivity index (χ0) is 16.9. The van der Waals surface area contributed by atoms with E-state index in [1.807, 2.05) is 0 Å². The van der Waals surface area contributed by atoms with E-state index < -0.39 is 23.6 Å². The maximum absolute atomic E-state index is 13.7. The minimum atomic E-state index is -0.784. The molecule has 1 aromatic carbocycles. The van der Waals surface area contributed by atoms with Gasteiger partial charge in [-0.25, -0.2) is 13.8 Å². The molecule has 1 fully saturated rings. The maximum Gasteiger partial charge on any atom is 0.254 e. The molecule has 5 nitrogen and oxygen atoms in total. The van der Waals surface area contributed by atoms with Gasteiger partial charge in [-0.3, -0.25) is 4.79 Å². The van der Waals surface area contributed by atoms with Crippen molar-refractivity contribution >= 4 is 5.91 Å². The summed E-state index contributed by atoms with van der Waals surface area (Å²) in [5, 5.41) is 2.65. The van der Waals surface area contributed by atoms with Crippen LogP contribution in [0.2, 0.25) is 0 Å². The van der Waals surface area contributed by atoms with E-state index >= 15 is 0 Å². The molecule has 0 saturated carbocycles. The number of aromatic nitrogens is 1. The van der Waals surface area contributed by atoms with Gasteiger partial charge in [0.05, 0.1) is 24.8 Å². The van der Waals surface area contributed by atoms with Gasteiger partial charge in [-0.1, -0.05) is 6.07 Å². The van der Waals surface area contributed by atoms with Crippen molar-refractivity contribution in [1.82, 2.24) is 10.3 Å². The highest BCUT2D eigenvalue weighted by Gasteiger charge is 2.30. The molecule has 1 N–H and O–H groups in total. The normalized spacial score (nSPS) is 20.4. The third-order valence-electron chi connectivity index (χ3n) is 3.69. The summed E-state index contributed by atoms with van der Waals surface area (Å²) in [5.74, 6) is -1.74. The molecule has 2 aromatic rings. The molecule has 24 heavy (non-hydrogen) atoms. The number of carbonyl (C=O) groups is 1. The fraction of sp³-hybridized carbons (Fsp3) is 0.294. The second-order valence-corrected chi connectivity index (χ2v) is 5.39. The first-order chi connectivity index (χ1) is 11.6. The van der Waals surface area contributed by atoms with Crippen LogP contribution in [0, 0.1) is 11.6 Å². The van der Waals surface area contributed by atoms with Gasteiger partial charge in [-0.15, -0.1) is 0 Å². The van der Waals surface area contributed by atoms with Gasteiger partial charge >= 0.3 is 0 Å². The Kier molecular flexibility index (Phi) is 5.00. The SMILES string of the molecule is O=C(N[C@@H]1COCC[C@H]1Oc1ccccn1)c1cc(F)ccc1F. The van der Waals surface area contributed by atoms with Gasteiger partial charge in [-0.05, 0) is 24.3 Å². The lowest BCUT2D eigenvalue weighted by atomic mass is 10.1. The van der Waals surface area contributed by atoms with Crippen LogP contribution in [0.25, 0.3) is 0 Å². The molecule has 3 rings (SSSR count). The first kappa shape index (κ1) is 16.3. The Morgan fingerprint density at radius 1 is 1.29 bits per heavy atom. The van der Waals surface area contributed by atoms with E-state index in [0.29, 0.717) is 18.9 Å². The Morgan fingerprint density at radius 3 is 2.96 bits per heavy atom. The Labute approximate surface area is 137 Å². The van der Waals surface area contributed by atoms with E-state index in [2.05, 4.69) is 10.3 Å².